The van der Waals surface area contributed by atoms with E-state index in [2.05, 4.69) is 33.9 Å². The molecular weight excluding hydrogens is 310 g/mol. The summed E-state index contributed by atoms with van der Waals surface area (Å²) in [4.78, 5) is 21.7. The van der Waals surface area contributed by atoms with Crippen LogP contribution >= 0.6 is 11.6 Å². The molecule has 5 heteroatoms. The maximum atomic E-state index is 12.2. The van der Waals surface area contributed by atoms with E-state index in [9.17, 15) is 4.79 Å². The lowest BCUT2D eigenvalue weighted by Crippen LogP contribution is -2.25. The standard InChI is InChI=1S/C18H18ClN3O/c1-12(13-6-4-3-5-7-13)22(2)11-17-20-16-9-8-14(19)10-15(16)18(23)21-17/h3-10,12H,11H2,1-2H3,(H,20,21,23). The van der Waals surface area contributed by atoms with Crippen LogP contribution in [0.2, 0.25) is 5.02 Å². The van der Waals surface area contributed by atoms with Gasteiger partial charge < -0.3 is 4.98 Å². The van der Waals surface area contributed by atoms with Crippen molar-refractivity contribution in [3.05, 3.63) is 75.3 Å². The fraction of sp³-hybridized carbons (Fsp3) is 0.222. The summed E-state index contributed by atoms with van der Waals surface area (Å²) in [7, 11) is 2.02. The second-order valence-corrected chi connectivity index (χ2v) is 6.11. The molecule has 3 aromatic rings. The third-order valence-electron chi connectivity index (χ3n) is 4.06. The molecule has 0 saturated heterocycles. The van der Waals surface area contributed by atoms with Crippen molar-refractivity contribution in [3.63, 3.8) is 0 Å². The van der Waals surface area contributed by atoms with Crippen molar-refractivity contribution in [2.24, 2.45) is 0 Å². The van der Waals surface area contributed by atoms with Gasteiger partial charge in [-0.3, -0.25) is 9.69 Å². The molecule has 0 saturated carbocycles. The predicted molar refractivity (Wildman–Crippen MR) is 93.7 cm³/mol. The molecule has 1 N–H and O–H groups in total. The van der Waals surface area contributed by atoms with E-state index >= 15 is 0 Å². The third-order valence-corrected chi connectivity index (χ3v) is 4.29. The highest BCUT2D eigenvalue weighted by Crippen LogP contribution is 2.20. The lowest BCUT2D eigenvalue weighted by molar-refractivity contribution is 0.247. The minimum Gasteiger partial charge on any atom is -0.309 e. The molecular formula is C18H18ClN3O. The van der Waals surface area contributed by atoms with Crippen molar-refractivity contribution in [2.45, 2.75) is 19.5 Å². The number of nitrogens with one attached hydrogen (secondary N) is 1. The van der Waals surface area contributed by atoms with Crippen LogP contribution in [0.15, 0.2) is 53.3 Å². The smallest absolute Gasteiger partial charge is 0.258 e. The van der Waals surface area contributed by atoms with E-state index in [-0.39, 0.29) is 11.6 Å². The van der Waals surface area contributed by atoms with Crippen LogP contribution in [-0.2, 0) is 6.54 Å². The minimum atomic E-state index is -0.159. The summed E-state index contributed by atoms with van der Waals surface area (Å²) >= 11 is 5.94. The third kappa shape index (κ3) is 3.44. The Bertz CT molecular complexity index is 876. The van der Waals surface area contributed by atoms with E-state index in [0.717, 1.165) is 0 Å². The van der Waals surface area contributed by atoms with E-state index < -0.39 is 0 Å². The van der Waals surface area contributed by atoms with Crippen LogP contribution in [0.1, 0.15) is 24.4 Å². The summed E-state index contributed by atoms with van der Waals surface area (Å²) in [6, 6.07) is 15.6. The quantitative estimate of drug-likeness (QED) is 0.793. The van der Waals surface area contributed by atoms with Crippen LogP contribution in [0.5, 0.6) is 0 Å². The number of halogens is 1. The second kappa shape index (κ2) is 6.52. The number of aromatic amines is 1. The van der Waals surface area contributed by atoms with Gasteiger partial charge in [0.1, 0.15) is 5.82 Å². The number of nitrogens with zero attached hydrogens (tertiary/aromatic N) is 2. The minimum absolute atomic E-state index is 0.159. The Morgan fingerprint density at radius 1 is 1.22 bits per heavy atom. The van der Waals surface area contributed by atoms with Gasteiger partial charge in [0.2, 0.25) is 0 Å². The van der Waals surface area contributed by atoms with Gasteiger partial charge in [0.05, 0.1) is 17.4 Å². The molecule has 0 bridgehead atoms. The first kappa shape index (κ1) is 15.7. The van der Waals surface area contributed by atoms with E-state index in [1.54, 1.807) is 18.2 Å². The molecule has 0 spiro atoms. The number of hydrogen-bond acceptors (Lipinski definition) is 3. The first-order chi connectivity index (χ1) is 11.0. The molecule has 1 heterocycles. The molecule has 2 aromatic carbocycles. The van der Waals surface area contributed by atoms with Crippen molar-refractivity contribution in [1.29, 1.82) is 0 Å². The first-order valence-corrected chi connectivity index (χ1v) is 7.86. The Balaban J connectivity index is 1.86. The maximum absolute atomic E-state index is 12.2. The van der Waals surface area contributed by atoms with Gasteiger partial charge in [0, 0.05) is 11.1 Å². The number of rotatable bonds is 4. The van der Waals surface area contributed by atoms with Crippen molar-refractivity contribution >= 4 is 22.5 Å². The van der Waals surface area contributed by atoms with Gasteiger partial charge in [-0.1, -0.05) is 41.9 Å². The van der Waals surface area contributed by atoms with Crippen LogP contribution in [-0.4, -0.2) is 21.9 Å². The summed E-state index contributed by atoms with van der Waals surface area (Å²) < 4.78 is 0. The van der Waals surface area contributed by atoms with Crippen LogP contribution in [0.25, 0.3) is 10.9 Å². The zero-order valence-electron chi connectivity index (χ0n) is 13.1. The van der Waals surface area contributed by atoms with Gasteiger partial charge in [0.25, 0.3) is 5.56 Å². The maximum Gasteiger partial charge on any atom is 0.258 e. The molecule has 0 fully saturated rings. The molecule has 0 aliphatic carbocycles. The highest BCUT2D eigenvalue weighted by Gasteiger charge is 2.13. The molecule has 0 aliphatic heterocycles. The van der Waals surface area contributed by atoms with Gasteiger partial charge in [-0.15, -0.1) is 0 Å². The zero-order valence-corrected chi connectivity index (χ0v) is 13.8. The average Bonchev–Trinajstić information content (AvgIpc) is 2.55. The Morgan fingerprint density at radius 3 is 2.70 bits per heavy atom. The number of H-pyrrole nitrogens is 1. The fourth-order valence-electron chi connectivity index (χ4n) is 2.59. The van der Waals surface area contributed by atoms with Crippen LogP contribution < -0.4 is 5.56 Å². The van der Waals surface area contributed by atoms with E-state index in [1.165, 1.54) is 5.56 Å². The van der Waals surface area contributed by atoms with Gasteiger partial charge in [-0.05, 0) is 37.7 Å². The number of fused-ring (bicyclic) bond motifs is 1. The Kier molecular flexibility index (Phi) is 4.46. The summed E-state index contributed by atoms with van der Waals surface area (Å²) in [5, 5.41) is 1.05. The van der Waals surface area contributed by atoms with Crippen molar-refractivity contribution in [1.82, 2.24) is 14.9 Å². The van der Waals surface area contributed by atoms with Crippen molar-refractivity contribution < 1.29 is 0 Å². The molecule has 1 atom stereocenters. The largest absolute Gasteiger partial charge is 0.309 e. The van der Waals surface area contributed by atoms with Gasteiger partial charge in [-0.25, -0.2) is 4.98 Å². The number of benzene rings is 2. The molecule has 0 radical (unpaired) electrons. The predicted octanol–water partition coefficient (Wildman–Crippen LogP) is 3.77. The Morgan fingerprint density at radius 2 is 1.96 bits per heavy atom. The van der Waals surface area contributed by atoms with E-state index in [0.29, 0.717) is 28.3 Å². The molecule has 1 aromatic heterocycles. The zero-order chi connectivity index (χ0) is 16.4. The normalized spacial score (nSPS) is 12.7. The molecule has 0 aliphatic rings. The number of aromatic nitrogens is 2. The lowest BCUT2D eigenvalue weighted by Gasteiger charge is -2.24. The van der Waals surface area contributed by atoms with E-state index in [4.69, 9.17) is 11.6 Å². The molecule has 0 amide bonds. The SMILES string of the molecule is CC(c1ccccc1)N(C)Cc1nc2ccc(Cl)cc2c(=O)[nH]1. The van der Waals surface area contributed by atoms with Gasteiger partial charge >= 0.3 is 0 Å². The topological polar surface area (TPSA) is 49.0 Å². The first-order valence-electron chi connectivity index (χ1n) is 7.48. The lowest BCUT2D eigenvalue weighted by atomic mass is 10.1. The van der Waals surface area contributed by atoms with Crippen molar-refractivity contribution in [3.8, 4) is 0 Å². The average molecular weight is 328 g/mol. The van der Waals surface area contributed by atoms with Gasteiger partial charge in [-0.2, -0.15) is 0 Å². The highest BCUT2D eigenvalue weighted by atomic mass is 35.5. The summed E-state index contributed by atoms with van der Waals surface area (Å²) in [6.07, 6.45) is 0. The van der Waals surface area contributed by atoms with Crippen LogP contribution in [0.3, 0.4) is 0 Å². The monoisotopic (exact) mass is 327 g/mol. The number of hydrogen-bond donors (Lipinski definition) is 1. The molecule has 23 heavy (non-hydrogen) atoms. The van der Waals surface area contributed by atoms with E-state index in [1.807, 2.05) is 25.2 Å². The molecule has 1 unspecified atom stereocenters. The fourth-order valence-corrected chi connectivity index (χ4v) is 2.77. The molecule has 4 nitrogen and oxygen atoms in total. The van der Waals surface area contributed by atoms with Gasteiger partial charge in [0.15, 0.2) is 0 Å². The summed E-state index contributed by atoms with van der Waals surface area (Å²) in [5.74, 6) is 0.648. The molecule has 118 valence electrons. The summed E-state index contributed by atoms with van der Waals surface area (Å²) in [6.45, 7) is 2.69. The highest BCUT2D eigenvalue weighted by molar-refractivity contribution is 6.31. The van der Waals surface area contributed by atoms with Crippen LogP contribution in [0.4, 0.5) is 0 Å². The second-order valence-electron chi connectivity index (χ2n) is 5.68. The molecule has 3 rings (SSSR count). The summed E-state index contributed by atoms with van der Waals surface area (Å²) in [5.41, 5.74) is 1.73. The van der Waals surface area contributed by atoms with Crippen LogP contribution in [0, 0.1) is 0 Å². The van der Waals surface area contributed by atoms with Crippen molar-refractivity contribution in [2.75, 3.05) is 7.05 Å². The Hall–Kier alpha value is -2.17. The Labute approximate surface area is 139 Å².